The third-order valence-electron chi connectivity index (χ3n) is 4.98. The highest BCUT2D eigenvalue weighted by molar-refractivity contribution is 5.91. The van der Waals surface area contributed by atoms with Crippen LogP contribution in [0.1, 0.15) is 81.5 Å². The van der Waals surface area contributed by atoms with E-state index in [-0.39, 0.29) is 5.97 Å². The van der Waals surface area contributed by atoms with E-state index in [0.29, 0.717) is 11.3 Å². The van der Waals surface area contributed by atoms with Crippen LogP contribution in [0.15, 0.2) is 60.9 Å². The molecule has 0 unspecified atom stereocenters. The number of ether oxygens (including phenoxy) is 1. The molecule has 4 heteroatoms. The molecule has 1 aromatic heterocycles. The van der Waals surface area contributed by atoms with Crippen LogP contribution in [0.2, 0.25) is 0 Å². The number of nitrogens with one attached hydrogen (secondary N) is 1. The van der Waals surface area contributed by atoms with Crippen molar-refractivity contribution in [2.24, 2.45) is 0 Å². The van der Waals surface area contributed by atoms with Gasteiger partial charge in [-0.05, 0) is 62.1 Å². The summed E-state index contributed by atoms with van der Waals surface area (Å²) < 4.78 is 5.29. The summed E-state index contributed by atoms with van der Waals surface area (Å²) >= 11 is 0. The summed E-state index contributed by atoms with van der Waals surface area (Å²) in [7, 11) is 0. The first-order chi connectivity index (χ1) is 14.8. The molecule has 1 aromatic carbocycles. The van der Waals surface area contributed by atoms with E-state index >= 15 is 0 Å². The van der Waals surface area contributed by atoms with Crippen LogP contribution in [0.3, 0.4) is 0 Å². The Labute approximate surface area is 181 Å². The Morgan fingerprint density at radius 3 is 2.33 bits per heavy atom. The molecule has 1 heterocycles. The second-order valence-electron chi connectivity index (χ2n) is 7.61. The van der Waals surface area contributed by atoms with Crippen molar-refractivity contribution in [3.63, 3.8) is 0 Å². The summed E-state index contributed by atoms with van der Waals surface area (Å²) in [6.45, 7) is 3.18. The summed E-state index contributed by atoms with van der Waals surface area (Å²) in [6, 6.07) is 10.8. The number of esters is 1. The molecule has 30 heavy (non-hydrogen) atoms. The van der Waals surface area contributed by atoms with Gasteiger partial charge in [0.2, 0.25) is 0 Å². The van der Waals surface area contributed by atoms with E-state index in [0.717, 1.165) is 25.1 Å². The number of unbranched alkanes of at least 4 members (excludes halogenated alkanes) is 8. The summed E-state index contributed by atoms with van der Waals surface area (Å²) in [5.41, 5.74) is 1.54. The Kier molecular flexibility index (Phi) is 12.0. The van der Waals surface area contributed by atoms with Crippen LogP contribution in [0.25, 0.3) is 0 Å². The standard InChI is InChI=1S/C26H36N2O2/c1-2-3-4-5-6-7-8-9-10-11-12-13-21-28-24-18-16-23(17-19-24)26(29)30-25-15-14-20-27-22-25/h10-11,14-20,22,28H,2-9,12-13,21H2,1H3. The molecule has 0 saturated carbocycles. The molecule has 0 saturated heterocycles. The highest BCUT2D eigenvalue weighted by Gasteiger charge is 2.08. The van der Waals surface area contributed by atoms with Crippen LogP contribution in [-0.2, 0) is 0 Å². The van der Waals surface area contributed by atoms with Gasteiger partial charge in [-0.25, -0.2) is 4.79 Å². The van der Waals surface area contributed by atoms with E-state index in [1.54, 1.807) is 30.5 Å². The normalized spacial score (nSPS) is 11.0. The summed E-state index contributed by atoms with van der Waals surface area (Å²) in [5, 5.41) is 3.40. The van der Waals surface area contributed by atoms with Gasteiger partial charge in [0.15, 0.2) is 0 Å². The molecule has 0 aliphatic heterocycles. The highest BCUT2D eigenvalue weighted by atomic mass is 16.5. The van der Waals surface area contributed by atoms with Crippen LogP contribution in [0.4, 0.5) is 5.69 Å². The maximum Gasteiger partial charge on any atom is 0.343 e. The molecule has 1 N–H and O–H groups in total. The third kappa shape index (κ3) is 10.2. The van der Waals surface area contributed by atoms with Gasteiger partial charge in [0.1, 0.15) is 5.75 Å². The van der Waals surface area contributed by atoms with Crippen LogP contribution >= 0.6 is 0 Å². The minimum Gasteiger partial charge on any atom is -0.421 e. The molecule has 0 spiro atoms. The van der Waals surface area contributed by atoms with E-state index < -0.39 is 0 Å². The van der Waals surface area contributed by atoms with E-state index in [1.165, 1.54) is 57.6 Å². The van der Waals surface area contributed by atoms with Crippen molar-refractivity contribution in [1.29, 1.82) is 0 Å². The number of benzene rings is 1. The van der Waals surface area contributed by atoms with Gasteiger partial charge in [0.25, 0.3) is 0 Å². The van der Waals surface area contributed by atoms with Gasteiger partial charge >= 0.3 is 5.97 Å². The second-order valence-corrected chi connectivity index (χ2v) is 7.61. The average molecular weight is 409 g/mol. The summed E-state index contributed by atoms with van der Waals surface area (Å²) in [4.78, 5) is 16.1. The van der Waals surface area contributed by atoms with Crippen LogP contribution < -0.4 is 10.1 Å². The Hall–Kier alpha value is -2.62. The van der Waals surface area contributed by atoms with Gasteiger partial charge in [0, 0.05) is 18.4 Å². The fourth-order valence-electron chi connectivity index (χ4n) is 3.21. The highest BCUT2D eigenvalue weighted by Crippen LogP contribution is 2.14. The molecule has 0 amide bonds. The van der Waals surface area contributed by atoms with Crippen LogP contribution in [0.5, 0.6) is 5.75 Å². The van der Waals surface area contributed by atoms with E-state index in [9.17, 15) is 4.79 Å². The summed E-state index contributed by atoms with van der Waals surface area (Å²) in [6.07, 6.45) is 20.8. The average Bonchev–Trinajstić information content (AvgIpc) is 2.78. The first kappa shape index (κ1) is 23.7. The number of allylic oxidation sites excluding steroid dienone is 2. The Morgan fingerprint density at radius 2 is 1.63 bits per heavy atom. The van der Waals surface area contributed by atoms with Gasteiger partial charge in [0.05, 0.1) is 11.8 Å². The third-order valence-corrected chi connectivity index (χ3v) is 4.98. The SMILES string of the molecule is CCCCCCCCCC=CCCCNc1ccc(C(=O)Oc2cccnc2)cc1. The van der Waals surface area contributed by atoms with Crippen molar-refractivity contribution in [3.05, 3.63) is 66.5 Å². The molecule has 4 nitrogen and oxygen atoms in total. The van der Waals surface area contributed by atoms with E-state index in [1.807, 2.05) is 12.1 Å². The van der Waals surface area contributed by atoms with Gasteiger partial charge in [-0.3, -0.25) is 4.98 Å². The van der Waals surface area contributed by atoms with Gasteiger partial charge < -0.3 is 10.1 Å². The van der Waals surface area contributed by atoms with Crippen molar-refractivity contribution >= 4 is 11.7 Å². The summed E-state index contributed by atoms with van der Waals surface area (Å²) in [5.74, 6) is 0.0744. The van der Waals surface area contributed by atoms with Crippen molar-refractivity contribution in [2.75, 3.05) is 11.9 Å². The lowest BCUT2D eigenvalue weighted by molar-refractivity contribution is 0.0734. The quantitative estimate of drug-likeness (QED) is 0.192. The number of carbonyl (C=O) groups excluding carboxylic acids is 1. The van der Waals surface area contributed by atoms with Gasteiger partial charge in [-0.1, -0.05) is 57.6 Å². The zero-order chi connectivity index (χ0) is 21.3. The molecule has 2 rings (SSSR count). The lowest BCUT2D eigenvalue weighted by Crippen LogP contribution is -2.09. The van der Waals surface area contributed by atoms with E-state index in [4.69, 9.17) is 4.74 Å². The van der Waals surface area contributed by atoms with Crippen molar-refractivity contribution in [1.82, 2.24) is 4.98 Å². The smallest absolute Gasteiger partial charge is 0.343 e. The van der Waals surface area contributed by atoms with Crippen LogP contribution in [-0.4, -0.2) is 17.5 Å². The minimum atomic E-state index is -0.374. The van der Waals surface area contributed by atoms with Crippen molar-refractivity contribution in [3.8, 4) is 5.75 Å². The maximum absolute atomic E-state index is 12.1. The van der Waals surface area contributed by atoms with Gasteiger partial charge in [-0.2, -0.15) is 0 Å². The lowest BCUT2D eigenvalue weighted by atomic mass is 10.1. The number of rotatable bonds is 15. The van der Waals surface area contributed by atoms with Crippen molar-refractivity contribution in [2.45, 2.75) is 71.1 Å². The predicted molar refractivity (Wildman–Crippen MR) is 125 cm³/mol. The molecular weight excluding hydrogens is 372 g/mol. The number of nitrogens with zero attached hydrogens (tertiary/aromatic N) is 1. The number of anilines is 1. The molecule has 0 aliphatic carbocycles. The number of hydrogen-bond acceptors (Lipinski definition) is 4. The minimum absolute atomic E-state index is 0.374. The lowest BCUT2D eigenvalue weighted by Gasteiger charge is -2.07. The zero-order valence-electron chi connectivity index (χ0n) is 18.3. The van der Waals surface area contributed by atoms with E-state index in [2.05, 4.69) is 29.4 Å². The number of hydrogen-bond donors (Lipinski definition) is 1. The first-order valence-corrected chi connectivity index (χ1v) is 11.4. The Bertz CT molecular complexity index is 726. The fourth-order valence-corrected chi connectivity index (χ4v) is 3.21. The van der Waals surface area contributed by atoms with Crippen molar-refractivity contribution < 1.29 is 9.53 Å². The molecule has 0 radical (unpaired) electrons. The maximum atomic E-state index is 12.1. The molecular formula is C26H36N2O2. The van der Waals surface area contributed by atoms with Gasteiger partial charge in [-0.15, -0.1) is 0 Å². The van der Waals surface area contributed by atoms with Crippen LogP contribution in [0, 0.1) is 0 Å². The number of pyridine rings is 1. The molecule has 2 aromatic rings. The zero-order valence-corrected chi connectivity index (χ0v) is 18.3. The molecule has 0 bridgehead atoms. The topological polar surface area (TPSA) is 51.2 Å². The number of aromatic nitrogens is 1. The first-order valence-electron chi connectivity index (χ1n) is 11.4. The Morgan fingerprint density at radius 1 is 0.933 bits per heavy atom. The molecule has 0 atom stereocenters. The number of carbonyl (C=O) groups is 1. The predicted octanol–water partition coefficient (Wildman–Crippen LogP) is 7.19. The molecule has 0 aliphatic rings. The molecule has 162 valence electrons. The Balaban J connectivity index is 1.53. The second kappa shape index (κ2) is 15.3. The largest absolute Gasteiger partial charge is 0.421 e. The monoisotopic (exact) mass is 408 g/mol. The fraction of sp³-hybridized carbons (Fsp3) is 0.462. The molecule has 0 fully saturated rings.